The predicted octanol–water partition coefficient (Wildman–Crippen LogP) is 9.08. The summed E-state index contributed by atoms with van der Waals surface area (Å²) in [5, 5.41) is 21.1. The fraction of sp³-hybridized carbons (Fsp3) is 0.222. The van der Waals surface area contributed by atoms with Gasteiger partial charge in [-0.15, -0.1) is 21.2 Å². The second-order valence-electron chi connectivity index (χ2n) is 5.73. The van der Waals surface area contributed by atoms with E-state index in [1.54, 1.807) is 24.8 Å². The molecule has 0 amide bonds. The summed E-state index contributed by atoms with van der Waals surface area (Å²) in [4.78, 5) is 26.8. The minimum Gasteiger partial charge on any atom is -0.265 e. The SMILES string of the molecule is C/C(N=O)=C(\C)[N-]O.C/C(N=O)=C(\C)[N-]O.F[P-](F)(F)(F)(F)F.[Co+3].c1ccncc1.c1ccncc1. The Labute approximate surface area is 213 Å². The van der Waals surface area contributed by atoms with Crippen molar-refractivity contribution in [3.8, 4) is 0 Å². The first-order chi connectivity index (χ1) is 15.9. The van der Waals surface area contributed by atoms with Gasteiger partial charge in [-0.1, -0.05) is 26.0 Å². The topological polar surface area (TPSA) is 153 Å². The third kappa shape index (κ3) is 44.7. The summed E-state index contributed by atoms with van der Waals surface area (Å²) in [6.07, 6.45) is 7.00. The number of pyridine rings is 2. The van der Waals surface area contributed by atoms with Crippen molar-refractivity contribution < 1.29 is 52.4 Å². The van der Waals surface area contributed by atoms with E-state index in [0.717, 1.165) is 0 Å². The maximum atomic E-state index is 9.87. The van der Waals surface area contributed by atoms with Gasteiger partial charge in [-0.2, -0.15) is 0 Å². The summed E-state index contributed by atoms with van der Waals surface area (Å²) >= 11 is 0. The second-order valence-corrected chi connectivity index (χ2v) is 7.65. The van der Waals surface area contributed by atoms with E-state index in [0.29, 0.717) is 0 Å². The Morgan fingerprint density at radius 3 is 0.917 bits per heavy atom. The van der Waals surface area contributed by atoms with Gasteiger partial charge in [0.05, 0.1) is 11.4 Å². The molecule has 2 N–H and O–H groups in total. The van der Waals surface area contributed by atoms with Crippen LogP contribution in [0.5, 0.6) is 0 Å². The van der Waals surface area contributed by atoms with Gasteiger partial charge in [0.25, 0.3) is 0 Å². The minimum atomic E-state index is -10.7. The van der Waals surface area contributed by atoms with Crippen LogP contribution in [-0.2, 0) is 16.8 Å². The van der Waals surface area contributed by atoms with Crippen LogP contribution in [0.3, 0.4) is 0 Å². The molecular formula is C18H24CoF6N6O4P. The van der Waals surface area contributed by atoms with Gasteiger partial charge in [-0.05, 0) is 48.5 Å². The number of nitroso groups, excluding NO2 is 2. The monoisotopic (exact) mass is 592 g/mol. The number of hydrogen-bond acceptors (Lipinski definition) is 8. The van der Waals surface area contributed by atoms with Crippen LogP contribution < -0.4 is 0 Å². The zero-order valence-electron chi connectivity index (χ0n) is 19.2. The summed E-state index contributed by atoms with van der Waals surface area (Å²) in [5.74, 6) is 0. The number of aromatic nitrogens is 2. The fourth-order valence-electron chi connectivity index (χ4n) is 0.902. The molecule has 0 aliphatic heterocycles. The third-order valence-corrected chi connectivity index (χ3v) is 2.75. The Morgan fingerprint density at radius 1 is 0.639 bits per heavy atom. The molecule has 0 aliphatic carbocycles. The minimum absolute atomic E-state index is 0. The zero-order chi connectivity index (χ0) is 28.0. The van der Waals surface area contributed by atoms with Crippen LogP contribution >= 0.6 is 7.81 Å². The maximum absolute atomic E-state index is 10.7. The number of hydroxylamine groups is 2. The zero-order valence-corrected chi connectivity index (χ0v) is 21.2. The third-order valence-electron chi connectivity index (χ3n) is 2.75. The van der Waals surface area contributed by atoms with Crippen molar-refractivity contribution in [2.45, 2.75) is 27.7 Å². The number of hydrogen-bond donors (Lipinski definition) is 2. The van der Waals surface area contributed by atoms with Gasteiger partial charge < -0.3 is 21.4 Å². The smallest absolute Gasteiger partial charge is 0.265 e. The van der Waals surface area contributed by atoms with E-state index < -0.39 is 7.81 Å². The van der Waals surface area contributed by atoms with Gasteiger partial charge >= 0.3 is 49.8 Å². The number of halogens is 6. The summed E-state index contributed by atoms with van der Waals surface area (Å²) in [5.41, 5.74) is 6.39. The molecule has 0 unspecified atom stereocenters. The molecule has 2 aromatic heterocycles. The van der Waals surface area contributed by atoms with Gasteiger partial charge in [-0.25, -0.2) is 0 Å². The van der Waals surface area contributed by atoms with E-state index in [9.17, 15) is 35.0 Å². The van der Waals surface area contributed by atoms with Crippen LogP contribution in [0, 0.1) is 9.81 Å². The van der Waals surface area contributed by atoms with Crippen LogP contribution in [-0.4, -0.2) is 20.4 Å². The molecule has 18 heteroatoms. The first-order valence-electron chi connectivity index (χ1n) is 8.87. The average Bonchev–Trinajstić information content (AvgIpc) is 2.83. The van der Waals surface area contributed by atoms with E-state index >= 15 is 0 Å². The normalized spacial score (nSPS) is 12.7. The summed E-state index contributed by atoms with van der Waals surface area (Å²) < 4.78 is 59.2. The second kappa shape index (κ2) is 19.2. The quantitative estimate of drug-likeness (QED) is 0.156. The molecule has 0 fully saturated rings. The molecule has 2 rings (SSSR count). The largest absolute Gasteiger partial charge is 3.00 e. The molecular weight excluding hydrogens is 568 g/mol. The van der Waals surface area contributed by atoms with Crippen LogP contribution in [0.1, 0.15) is 27.7 Å². The van der Waals surface area contributed by atoms with Crippen molar-refractivity contribution in [2.24, 2.45) is 10.4 Å². The number of allylic oxidation sites excluding steroid dienone is 4. The molecule has 206 valence electrons. The van der Waals surface area contributed by atoms with Crippen molar-refractivity contribution >= 4 is 7.81 Å². The first kappa shape index (κ1) is 40.2. The fourth-order valence-corrected chi connectivity index (χ4v) is 0.902. The molecule has 36 heavy (non-hydrogen) atoms. The summed E-state index contributed by atoms with van der Waals surface area (Å²) in [7, 11) is -10.7. The standard InChI is InChI=1S/2C5H5N.2C4H8N2O2.Co.F6P/c2*1-2-4-6-5-3-1;2*1-3(5-7)4(2)6-8;;1-7(2,3,4,5)6/h2*1-5H;2*1-2H3,(H2,5,6,7,8);;/q;;;;+3;-1/p-2. The van der Waals surface area contributed by atoms with E-state index in [2.05, 4.69) is 31.3 Å². The van der Waals surface area contributed by atoms with Gasteiger partial charge in [0.15, 0.2) is 0 Å². The predicted molar refractivity (Wildman–Crippen MR) is 121 cm³/mol. The maximum Gasteiger partial charge on any atom is 3.00 e. The number of nitrogens with zero attached hydrogens (tertiary/aromatic N) is 6. The molecule has 0 bridgehead atoms. The molecule has 0 aromatic carbocycles. The molecule has 0 radical (unpaired) electrons. The molecule has 0 aliphatic rings. The summed E-state index contributed by atoms with van der Waals surface area (Å²) in [6, 6.07) is 11.4. The molecule has 10 nitrogen and oxygen atoms in total. The Morgan fingerprint density at radius 2 is 0.861 bits per heavy atom. The average molecular weight is 592 g/mol. The van der Waals surface area contributed by atoms with Crippen LogP contribution in [0.2, 0.25) is 0 Å². The number of rotatable bonds is 4. The molecule has 0 saturated carbocycles. The first-order valence-corrected chi connectivity index (χ1v) is 10.9. The van der Waals surface area contributed by atoms with Gasteiger partial charge in [0.1, 0.15) is 0 Å². The van der Waals surface area contributed by atoms with E-state index in [1.807, 2.05) is 36.4 Å². The van der Waals surface area contributed by atoms with Gasteiger partial charge in [-0.3, -0.25) is 9.97 Å². The summed E-state index contributed by atoms with van der Waals surface area (Å²) in [6.45, 7) is 5.94. The van der Waals surface area contributed by atoms with Crippen molar-refractivity contribution in [1.29, 1.82) is 0 Å². The van der Waals surface area contributed by atoms with Crippen molar-refractivity contribution in [3.63, 3.8) is 0 Å². The van der Waals surface area contributed by atoms with E-state index in [-0.39, 0.29) is 39.6 Å². The van der Waals surface area contributed by atoms with Gasteiger partial charge in [0.2, 0.25) is 0 Å². The Hall–Kier alpha value is -2.98. The van der Waals surface area contributed by atoms with Crippen LogP contribution in [0.15, 0.2) is 94.3 Å². The molecule has 0 atom stereocenters. The van der Waals surface area contributed by atoms with Gasteiger partial charge in [0, 0.05) is 24.8 Å². The Kier molecular flexibility index (Phi) is 21.5. The van der Waals surface area contributed by atoms with Crippen LogP contribution in [0.25, 0.3) is 11.0 Å². The molecule has 0 saturated heterocycles. The van der Waals surface area contributed by atoms with Crippen molar-refractivity contribution in [3.05, 3.63) is 105 Å². The Balaban J connectivity index is -0.000000177. The molecule has 0 spiro atoms. The van der Waals surface area contributed by atoms with E-state index in [4.69, 9.17) is 10.4 Å². The Bertz CT molecular complexity index is 783. The molecule has 2 aromatic rings. The van der Waals surface area contributed by atoms with Crippen molar-refractivity contribution in [2.75, 3.05) is 0 Å². The molecule has 2 heterocycles. The van der Waals surface area contributed by atoms with Crippen LogP contribution in [0.4, 0.5) is 25.2 Å². The van der Waals surface area contributed by atoms with E-state index in [1.165, 1.54) is 27.7 Å². The van der Waals surface area contributed by atoms with Crippen molar-refractivity contribution in [1.82, 2.24) is 9.97 Å².